The van der Waals surface area contributed by atoms with Crippen molar-refractivity contribution in [3.05, 3.63) is 24.0 Å². The van der Waals surface area contributed by atoms with E-state index in [1.807, 2.05) is 16.8 Å². The molecule has 1 amide bonds. The lowest BCUT2D eigenvalue weighted by atomic mass is 10.2. The van der Waals surface area contributed by atoms with Crippen molar-refractivity contribution in [1.29, 1.82) is 0 Å². The number of aryl methyl sites for hydroxylation is 1. The van der Waals surface area contributed by atoms with Crippen LogP contribution in [0.2, 0.25) is 0 Å². The van der Waals surface area contributed by atoms with E-state index < -0.39 is 6.09 Å². The van der Waals surface area contributed by atoms with Gasteiger partial charge >= 0.3 is 6.09 Å². The zero-order valence-corrected chi connectivity index (χ0v) is 9.80. The van der Waals surface area contributed by atoms with Gasteiger partial charge in [-0.2, -0.15) is 0 Å². The molecule has 0 aliphatic carbocycles. The normalized spacial score (nSPS) is 10.1. The van der Waals surface area contributed by atoms with Gasteiger partial charge in [0.15, 0.2) is 6.29 Å². The summed E-state index contributed by atoms with van der Waals surface area (Å²) in [6, 6.07) is 3.66. The van der Waals surface area contributed by atoms with E-state index in [9.17, 15) is 9.59 Å². The van der Waals surface area contributed by atoms with Crippen LogP contribution in [0.25, 0.3) is 0 Å². The SMILES string of the molecule is NC(=O)OCCCCCCn1cccc1C=O. The standard InChI is InChI=1S/C12H18N2O3/c13-12(16)17-9-4-2-1-3-7-14-8-5-6-11(14)10-15/h5-6,8,10H,1-4,7,9H2,(H2,13,16). The molecule has 0 bridgehead atoms. The van der Waals surface area contributed by atoms with Gasteiger partial charge in [-0.3, -0.25) is 4.79 Å². The van der Waals surface area contributed by atoms with Crippen molar-refractivity contribution in [3.8, 4) is 0 Å². The van der Waals surface area contributed by atoms with Gasteiger partial charge in [0, 0.05) is 12.7 Å². The average molecular weight is 238 g/mol. The maximum atomic E-state index is 10.6. The smallest absolute Gasteiger partial charge is 0.404 e. The molecule has 94 valence electrons. The number of unbranched alkanes of at least 4 members (excludes halogenated alkanes) is 3. The van der Waals surface area contributed by atoms with E-state index in [0.717, 1.165) is 38.5 Å². The highest BCUT2D eigenvalue weighted by molar-refractivity contribution is 5.72. The molecule has 0 aromatic carbocycles. The number of aldehydes is 1. The molecule has 1 aromatic rings. The van der Waals surface area contributed by atoms with Crippen LogP contribution in [-0.4, -0.2) is 23.6 Å². The Hall–Kier alpha value is -1.78. The Morgan fingerprint density at radius 1 is 1.35 bits per heavy atom. The zero-order chi connectivity index (χ0) is 12.5. The summed E-state index contributed by atoms with van der Waals surface area (Å²) in [6.45, 7) is 1.23. The monoisotopic (exact) mass is 238 g/mol. The predicted octanol–water partition coefficient (Wildman–Crippen LogP) is 1.96. The molecule has 2 N–H and O–H groups in total. The summed E-state index contributed by atoms with van der Waals surface area (Å²) < 4.78 is 6.56. The summed E-state index contributed by atoms with van der Waals surface area (Å²) in [5.41, 5.74) is 5.54. The fourth-order valence-electron chi connectivity index (χ4n) is 1.65. The molecule has 0 fully saturated rings. The fourth-order valence-corrected chi connectivity index (χ4v) is 1.65. The van der Waals surface area contributed by atoms with Crippen molar-refractivity contribution < 1.29 is 14.3 Å². The number of rotatable bonds is 8. The lowest BCUT2D eigenvalue weighted by molar-refractivity contribution is 0.111. The number of nitrogens with two attached hydrogens (primary N) is 1. The molecule has 1 rings (SSSR count). The molecule has 5 heteroatoms. The van der Waals surface area contributed by atoms with E-state index in [-0.39, 0.29) is 0 Å². The summed E-state index contributed by atoms with van der Waals surface area (Å²) in [5, 5.41) is 0. The van der Waals surface area contributed by atoms with Crippen molar-refractivity contribution in [2.24, 2.45) is 5.73 Å². The molecule has 17 heavy (non-hydrogen) atoms. The molecule has 0 spiro atoms. The number of primary amides is 1. The zero-order valence-electron chi connectivity index (χ0n) is 9.80. The topological polar surface area (TPSA) is 74.3 Å². The van der Waals surface area contributed by atoms with Gasteiger partial charge in [-0.05, 0) is 31.4 Å². The third kappa shape index (κ3) is 5.19. The number of hydrogen-bond acceptors (Lipinski definition) is 3. The quantitative estimate of drug-likeness (QED) is 0.555. The molecule has 0 aliphatic heterocycles. The molecule has 0 aliphatic rings. The summed E-state index contributed by atoms with van der Waals surface area (Å²) in [7, 11) is 0. The number of amides is 1. The second-order valence-electron chi connectivity index (χ2n) is 3.83. The molecular weight excluding hydrogens is 220 g/mol. The van der Waals surface area contributed by atoms with Crippen LogP contribution < -0.4 is 5.73 Å². The van der Waals surface area contributed by atoms with Crippen LogP contribution in [0.4, 0.5) is 4.79 Å². The Balaban J connectivity index is 2.04. The molecule has 0 radical (unpaired) electrons. The number of hydrogen-bond donors (Lipinski definition) is 1. The maximum Gasteiger partial charge on any atom is 0.404 e. The van der Waals surface area contributed by atoms with Crippen LogP contribution in [0, 0.1) is 0 Å². The average Bonchev–Trinajstić information content (AvgIpc) is 2.74. The van der Waals surface area contributed by atoms with Crippen molar-refractivity contribution >= 4 is 12.4 Å². The molecule has 1 aromatic heterocycles. The highest BCUT2D eigenvalue weighted by Gasteiger charge is 1.99. The van der Waals surface area contributed by atoms with Crippen LogP contribution in [0.5, 0.6) is 0 Å². The van der Waals surface area contributed by atoms with Crippen molar-refractivity contribution in [2.75, 3.05) is 6.61 Å². The summed E-state index contributed by atoms with van der Waals surface area (Å²) >= 11 is 0. The third-order valence-corrected chi connectivity index (χ3v) is 2.52. The Morgan fingerprint density at radius 3 is 2.82 bits per heavy atom. The Morgan fingerprint density at radius 2 is 2.12 bits per heavy atom. The Bertz CT molecular complexity index is 360. The molecule has 0 saturated heterocycles. The van der Waals surface area contributed by atoms with E-state index >= 15 is 0 Å². The molecule has 0 atom stereocenters. The molecule has 1 heterocycles. The highest BCUT2D eigenvalue weighted by Crippen LogP contribution is 2.05. The Labute approximate surface area is 101 Å². The Kier molecular flexibility index (Phi) is 5.85. The predicted molar refractivity (Wildman–Crippen MR) is 63.8 cm³/mol. The lowest BCUT2D eigenvalue weighted by Crippen LogP contribution is -2.13. The summed E-state index contributed by atoms with van der Waals surface area (Å²) in [5.74, 6) is 0. The first-order chi connectivity index (χ1) is 8.24. The van der Waals surface area contributed by atoms with Crippen molar-refractivity contribution in [2.45, 2.75) is 32.2 Å². The highest BCUT2D eigenvalue weighted by atomic mass is 16.5. The van der Waals surface area contributed by atoms with Crippen molar-refractivity contribution in [1.82, 2.24) is 4.57 Å². The van der Waals surface area contributed by atoms with Gasteiger partial charge in [0.25, 0.3) is 0 Å². The van der Waals surface area contributed by atoms with Gasteiger partial charge in [-0.25, -0.2) is 4.79 Å². The third-order valence-electron chi connectivity index (χ3n) is 2.52. The minimum Gasteiger partial charge on any atom is -0.450 e. The van der Waals surface area contributed by atoms with Crippen LogP contribution in [0.3, 0.4) is 0 Å². The first-order valence-electron chi connectivity index (χ1n) is 5.76. The largest absolute Gasteiger partial charge is 0.450 e. The van der Waals surface area contributed by atoms with Crippen LogP contribution in [-0.2, 0) is 11.3 Å². The van der Waals surface area contributed by atoms with Crippen LogP contribution in [0.1, 0.15) is 36.2 Å². The first-order valence-corrected chi connectivity index (χ1v) is 5.76. The minimum atomic E-state index is -0.715. The maximum absolute atomic E-state index is 10.6. The van der Waals surface area contributed by atoms with Gasteiger partial charge in [-0.1, -0.05) is 6.42 Å². The van der Waals surface area contributed by atoms with Crippen LogP contribution in [0.15, 0.2) is 18.3 Å². The van der Waals surface area contributed by atoms with E-state index in [1.54, 1.807) is 6.07 Å². The van der Waals surface area contributed by atoms with Gasteiger partial charge < -0.3 is 15.0 Å². The van der Waals surface area contributed by atoms with Gasteiger partial charge in [-0.15, -0.1) is 0 Å². The van der Waals surface area contributed by atoms with Crippen molar-refractivity contribution in [3.63, 3.8) is 0 Å². The number of ether oxygens (including phenoxy) is 1. The lowest BCUT2D eigenvalue weighted by Gasteiger charge is -2.05. The fraction of sp³-hybridized carbons (Fsp3) is 0.500. The van der Waals surface area contributed by atoms with Gasteiger partial charge in [0.1, 0.15) is 0 Å². The first kappa shape index (κ1) is 13.3. The second-order valence-corrected chi connectivity index (χ2v) is 3.83. The van der Waals surface area contributed by atoms with E-state index in [0.29, 0.717) is 12.3 Å². The van der Waals surface area contributed by atoms with E-state index in [1.165, 1.54) is 0 Å². The second kappa shape index (κ2) is 7.49. The summed E-state index contributed by atoms with van der Waals surface area (Å²) in [6.07, 6.45) is 5.92. The van der Waals surface area contributed by atoms with Crippen LogP contribution >= 0.6 is 0 Å². The molecule has 0 unspecified atom stereocenters. The van der Waals surface area contributed by atoms with E-state index in [4.69, 9.17) is 5.73 Å². The number of carbonyl (C=O) groups is 2. The van der Waals surface area contributed by atoms with Gasteiger partial charge in [0.2, 0.25) is 0 Å². The molecule has 0 saturated carbocycles. The number of carbonyl (C=O) groups excluding carboxylic acids is 2. The summed E-state index contributed by atoms with van der Waals surface area (Å²) in [4.78, 5) is 20.9. The van der Waals surface area contributed by atoms with E-state index in [2.05, 4.69) is 4.74 Å². The minimum absolute atomic E-state index is 0.387. The number of nitrogens with zero attached hydrogens (tertiary/aromatic N) is 1. The number of aromatic nitrogens is 1. The molecular formula is C12H18N2O3. The van der Waals surface area contributed by atoms with Gasteiger partial charge in [0.05, 0.1) is 12.3 Å². The molecule has 5 nitrogen and oxygen atoms in total.